The van der Waals surface area contributed by atoms with Gasteiger partial charge in [0.05, 0.1) is 11.3 Å². The van der Waals surface area contributed by atoms with E-state index in [1.54, 1.807) is 0 Å². The first-order valence-electron chi connectivity index (χ1n) is 5.88. The third kappa shape index (κ3) is 2.63. The average molecular weight is 286 g/mol. The quantitative estimate of drug-likeness (QED) is 0.860. The molecule has 1 aliphatic rings. The van der Waals surface area contributed by atoms with Gasteiger partial charge in [0, 0.05) is 11.7 Å². The normalized spacial score (nSPS) is 17.2. The Bertz CT molecular complexity index is 645. The first-order chi connectivity index (χ1) is 8.66. The number of aliphatic carboxylic acids is 1. The molecule has 0 heterocycles. The Morgan fingerprint density at radius 3 is 2.42 bits per heavy atom. The number of hydrogen-bond donors (Lipinski definition) is 1. The lowest BCUT2D eigenvalue weighted by atomic mass is 9.91. The Balaban J connectivity index is 2.56. The van der Waals surface area contributed by atoms with Gasteiger partial charge in [-0.2, -0.15) is 0 Å². The zero-order valence-electron chi connectivity index (χ0n) is 10.7. The lowest BCUT2D eigenvalue weighted by Gasteiger charge is -2.16. The van der Waals surface area contributed by atoms with E-state index in [2.05, 4.69) is 0 Å². The molecule has 1 fully saturated rings. The molecule has 0 radical (unpaired) electrons. The first kappa shape index (κ1) is 14.0. The zero-order chi connectivity index (χ0) is 14.4. The molecule has 4 nitrogen and oxygen atoms in total. The highest BCUT2D eigenvalue weighted by atomic mass is 32.2. The molecular formula is C13H15FO4S. The molecule has 19 heavy (non-hydrogen) atoms. The fraction of sp³-hybridized carbons (Fsp3) is 0.462. The molecule has 1 N–H and O–H groups in total. The van der Waals surface area contributed by atoms with Gasteiger partial charge in [0.1, 0.15) is 5.82 Å². The summed E-state index contributed by atoms with van der Waals surface area (Å²) in [7, 11) is -3.45. The summed E-state index contributed by atoms with van der Waals surface area (Å²) < 4.78 is 37.3. The number of hydrogen-bond acceptors (Lipinski definition) is 3. The molecule has 0 amide bonds. The van der Waals surface area contributed by atoms with Crippen molar-refractivity contribution in [1.29, 1.82) is 0 Å². The minimum Gasteiger partial charge on any atom is -0.481 e. The van der Waals surface area contributed by atoms with Crippen LogP contribution in [0.3, 0.4) is 0 Å². The van der Waals surface area contributed by atoms with Crippen molar-refractivity contribution in [2.24, 2.45) is 0 Å². The second kappa shape index (κ2) is 4.30. The van der Waals surface area contributed by atoms with Crippen LogP contribution in [0.4, 0.5) is 4.39 Å². The Morgan fingerprint density at radius 2 is 2.00 bits per heavy atom. The summed E-state index contributed by atoms with van der Waals surface area (Å²) in [5.41, 5.74) is -0.181. The molecule has 0 spiro atoms. The average Bonchev–Trinajstić information content (AvgIpc) is 2.94. The Labute approximate surface area is 111 Å². The van der Waals surface area contributed by atoms with Crippen LogP contribution in [0.2, 0.25) is 0 Å². The van der Waals surface area contributed by atoms with Crippen molar-refractivity contribution >= 4 is 15.8 Å². The zero-order valence-corrected chi connectivity index (χ0v) is 11.6. The molecule has 1 aliphatic carbocycles. The molecule has 0 saturated heterocycles. The van der Waals surface area contributed by atoms with Gasteiger partial charge in [-0.05, 0) is 43.0 Å². The van der Waals surface area contributed by atoms with Gasteiger partial charge in [0.2, 0.25) is 0 Å². The van der Waals surface area contributed by atoms with Gasteiger partial charge in [-0.1, -0.05) is 0 Å². The molecule has 0 unspecified atom stereocenters. The highest BCUT2D eigenvalue weighted by molar-refractivity contribution is 7.90. The van der Waals surface area contributed by atoms with Crippen molar-refractivity contribution in [2.45, 2.75) is 36.5 Å². The fourth-order valence-corrected chi connectivity index (χ4v) is 3.42. The molecular weight excluding hydrogens is 271 g/mol. The highest BCUT2D eigenvalue weighted by Crippen LogP contribution is 2.52. The molecule has 0 aromatic heterocycles. The Hall–Kier alpha value is -1.43. The summed E-state index contributed by atoms with van der Waals surface area (Å²) in [4.78, 5) is 10.9. The number of carboxylic acid groups (broad SMARTS) is 1. The van der Waals surface area contributed by atoms with Crippen LogP contribution in [0.25, 0.3) is 0 Å². The lowest BCUT2D eigenvalue weighted by Crippen LogP contribution is -2.16. The number of benzene rings is 1. The van der Waals surface area contributed by atoms with E-state index in [1.807, 2.05) is 0 Å². The highest BCUT2D eigenvalue weighted by Gasteiger charge is 2.48. The lowest BCUT2D eigenvalue weighted by molar-refractivity contribution is -0.137. The molecule has 1 saturated carbocycles. The first-order valence-corrected chi connectivity index (χ1v) is 7.77. The van der Waals surface area contributed by atoms with E-state index < -0.39 is 27.0 Å². The molecule has 6 heteroatoms. The maximum absolute atomic E-state index is 14.0. The number of aryl methyl sites for hydroxylation is 1. The third-order valence-corrected chi connectivity index (χ3v) is 4.82. The van der Waals surface area contributed by atoms with Gasteiger partial charge < -0.3 is 5.11 Å². The molecule has 0 aliphatic heterocycles. The van der Waals surface area contributed by atoms with E-state index >= 15 is 0 Å². The van der Waals surface area contributed by atoms with Crippen LogP contribution in [0.1, 0.15) is 30.4 Å². The molecule has 0 bridgehead atoms. The molecule has 1 aromatic rings. The van der Waals surface area contributed by atoms with Gasteiger partial charge >= 0.3 is 5.97 Å². The second-order valence-corrected chi connectivity index (χ2v) is 7.20. The minimum absolute atomic E-state index is 0.0700. The van der Waals surface area contributed by atoms with Gasteiger partial charge in [0.25, 0.3) is 0 Å². The van der Waals surface area contributed by atoms with Crippen LogP contribution in [0, 0.1) is 12.7 Å². The Morgan fingerprint density at radius 1 is 1.42 bits per heavy atom. The van der Waals surface area contributed by atoms with E-state index in [9.17, 15) is 17.6 Å². The van der Waals surface area contributed by atoms with Gasteiger partial charge in [-0.25, -0.2) is 12.8 Å². The predicted molar refractivity (Wildman–Crippen MR) is 67.4 cm³/mol. The topological polar surface area (TPSA) is 71.4 Å². The van der Waals surface area contributed by atoms with Crippen molar-refractivity contribution in [3.63, 3.8) is 0 Å². The number of halogens is 1. The van der Waals surface area contributed by atoms with Crippen molar-refractivity contribution < 1.29 is 22.7 Å². The SMILES string of the molecule is Cc1cc(F)c(C2(CC(=O)O)CC2)cc1S(C)(=O)=O. The number of sulfone groups is 1. The number of rotatable bonds is 4. The summed E-state index contributed by atoms with van der Waals surface area (Å²) in [5, 5.41) is 8.88. The van der Waals surface area contributed by atoms with Crippen LogP contribution in [0.15, 0.2) is 17.0 Å². The maximum atomic E-state index is 14.0. The molecule has 0 atom stereocenters. The van der Waals surface area contributed by atoms with E-state index in [0.717, 1.165) is 6.26 Å². The molecule has 104 valence electrons. The third-order valence-electron chi connectivity index (χ3n) is 3.58. The summed E-state index contributed by atoms with van der Waals surface area (Å²) >= 11 is 0. The summed E-state index contributed by atoms with van der Waals surface area (Å²) in [6.45, 7) is 1.53. The van der Waals surface area contributed by atoms with Gasteiger partial charge in [-0.3, -0.25) is 4.79 Å². The molecule has 1 aromatic carbocycles. The van der Waals surface area contributed by atoms with Crippen molar-refractivity contribution in [2.75, 3.05) is 6.26 Å². The summed E-state index contributed by atoms with van der Waals surface area (Å²) in [5.74, 6) is -1.53. The minimum atomic E-state index is -3.45. The number of carboxylic acids is 1. The van der Waals surface area contributed by atoms with Crippen LogP contribution >= 0.6 is 0 Å². The van der Waals surface area contributed by atoms with E-state index in [4.69, 9.17) is 5.11 Å². The molecule has 2 rings (SSSR count). The monoisotopic (exact) mass is 286 g/mol. The smallest absolute Gasteiger partial charge is 0.304 e. The van der Waals surface area contributed by atoms with Crippen molar-refractivity contribution in [3.8, 4) is 0 Å². The maximum Gasteiger partial charge on any atom is 0.304 e. The van der Waals surface area contributed by atoms with Crippen molar-refractivity contribution in [1.82, 2.24) is 0 Å². The van der Waals surface area contributed by atoms with E-state index in [-0.39, 0.29) is 16.9 Å². The van der Waals surface area contributed by atoms with Gasteiger partial charge in [0.15, 0.2) is 9.84 Å². The standard InChI is InChI=1S/C13H15FO4S/c1-8-5-10(14)9(6-11(8)19(2,17)18)13(3-4-13)7-12(15)16/h5-6H,3-4,7H2,1-2H3,(H,15,16). The summed E-state index contributed by atoms with van der Waals surface area (Å²) in [6.07, 6.45) is 2.04. The van der Waals surface area contributed by atoms with E-state index in [0.29, 0.717) is 18.4 Å². The van der Waals surface area contributed by atoms with E-state index in [1.165, 1.54) is 19.1 Å². The van der Waals surface area contributed by atoms with Crippen LogP contribution in [0.5, 0.6) is 0 Å². The summed E-state index contributed by atoms with van der Waals surface area (Å²) in [6, 6.07) is 2.48. The second-order valence-electron chi connectivity index (χ2n) is 5.22. The van der Waals surface area contributed by atoms with Gasteiger partial charge in [-0.15, -0.1) is 0 Å². The van der Waals surface area contributed by atoms with Crippen molar-refractivity contribution in [3.05, 3.63) is 29.1 Å². The van der Waals surface area contributed by atoms with Crippen LogP contribution in [-0.4, -0.2) is 25.7 Å². The fourth-order valence-electron chi connectivity index (χ4n) is 2.44. The Kier molecular flexibility index (Phi) is 3.16. The number of carbonyl (C=O) groups is 1. The van der Waals surface area contributed by atoms with Crippen LogP contribution in [-0.2, 0) is 20.0 Å². The largest absolute Gasteiger partial charge is 0.481 e. The van der Waals surface area contributed by atoms with Crippen LogP contribution < -0.4 is 0 Å². The predicted octanol–water partition coefficient (Wildman–Crippen LogP) is 2.04.